The van der Waals surface area contributed by atoms with Crippen LogP contribution < -0.4 is 5.32 Å². The SMILES string of the molecule is COCC1(NC(=O)Cn2cnc3ccc(C)cc32)CCOCC1. The highest BCUT2D eigenvalue weighted by Crippen LogP contribution is 2.21. The van der Waals surface area contributed by atoms with Crippen LogP contribution in [0.4, 0.5) is 0 Å². The summed E-state index contributed by atoms with van der Waals surface area (Å²) < 4.78 is 12.6. The quantitative estimate of drug-likeness (QED) is 0.911. The Labute approximate surface area is 135 Å². The van der Waals surface area contributed by atoms with Crippen LogP contribution in [0.3, 0.4) is 0 Å². The molecule has 0 atom stereocenters. The minimum atomic E-state index is -0.323. The number of methoxy groups -OCH3 is 1. The smallest absolute Gasteiger partial charge is 0.240 e. The summed E-state index contributed by atoms with van der Waals surface area (Å²) in [7, 11) is 1.66. The zero-order valence-electron chi connectivity index (χ0n) is 13.7. The molecule has 2 aromatic rings. The fourth-order valence-electron chi connectivity index (χ4n) is 3.13. The molecule has 1 saturated heterocycles. The van der Waals surface area contributed by atoms with E-state index in [1.165, 1.54) is 0 Å². The van der Waals surface area contributed by atoms with Crippen LogP contribution >= 0.6 is 0 Å². The van der Waals surface area contributed by atoms with Gasteiger partial charge in [-0.05, 0) is 37.5 Å². The second-order valence-corrected chi connectivity index (χ2v) is 6.24. The van der Waals surface area contributed by atoms with E-state index < -0.39 is 0 Å². The topological polar surface area (TPSA) is 65.4 Å². The number of carbonyl (C=O) groups is 1. The summed E-state index contributed by atoms with van der Waals surface area (Å²) in [4.78, 5) is 16.9. The van der Waals surface area contributed by atoms with Crippen molar-refractivity contribution in [3.8, 4) is 0 Å². The average molecular weight is 317 g/mol. The molecule has 6 nitrogen and oxygen atoms in total. The van der Waals surface area contributed by atoms with Crippen molar-refractivity contribution in [2.45, 2.75) is 31.8 Å². The predicted molar refractivity (Wildman–Crippen MR) is 87.3 cm³/mol. The number of amides is 1. The lowest BCUT2D eigenvalue weighted by Crippen LogP contribution is -2.55. The Morgan fingerprint density at radius 2 is 2.22 bits per heavy atom. The number of aryl methyl sites for hydroxylation is 1. The number of fused-ring (bicyclic) bond motifs is 1. The number of aromatic nitrogens is 2. The third kappa shape index (κ3) is 3.54. The Morgan fingerprint density at radius 3 is 2.96 bits per heavy atom. The molecule has 1 amide bonds. The summed E-state index contributed by atoms with van der Waals surface area (Å²) in [5, 5.41) is 3.16. The number of nitrogens with one attached hydrogen (secondary N) is 1. The lowest BCUT2D eigenvalue weighted by atomic mass is 9.91. The highest BCUT2D eigenvalue weighted by Gasteiger charge is 2.34. The standard InChI is InChI=1S/C17H23N3O3/c1-13-3-4-14-15(9-13)20(12-18-14)10-16(21)19-17(11-22-2)5-7-23-8-6-17/h3-4,9,12H,5-8,10-11H2,1-2H3,(H,19,21). The van der Waals surface area contributed by atoms with E-state index in [1.807, 2.05) is 23.6 Å². The summed E-state index contributed by atoms with van der Waals surface area (Å²) in [6, 6.07) is 6.05. The molecule has 0 bridgehead atoms. The number of hydrogen-bond acceptors (Lipinski definition) is 4. The van der Waals surface area contributed by atoms with Gasteiger partial charge in [0.25, 0.3) is 0 Å². The van der Waals surface area contributed by atoms with Crippen LogP contribution in [-0.4, -0.2) is 47.9 Å². The van der Waals surface area contributed by atoms with E-state index in [0.29, 0.717) is 19.8 Å². The molecule has 0 spiro atoms. The Kier molecular flexibility index (Phi) is 4.63. The molecular weight excluding hydrogens is 294 g/mol. The monoisotopic (exact) mass is 317 g/mol. The van der Waals surface area contributed by atoms with Crippen LogP contribution in [0.1, 0.15) is 18.4 Å². The molecule has 0 unspecified atom stereocenters. The van der Waals surface area contributed by atoms with Gasteiger partial charge < -0.3 is 19.4 Å². The van der Waals surface area contributed by atoms with Gasteiger partial charge in [0.05, 0.1) is 29.5 Å². The van der Waals surface area contributed by atoms with E-state index in [4.69, 9.17) is 9.47 Å². The second-order valence-electron chi connectivity index (χ2n) is 6.24. The molecule has 1 aromatic heterocycles. The maximum atomic E-state index is 12.5. The fourth-order valence-corrected chi connectivity index (χ4v) is 3.13. The van der Waals surface area contributed by atoms with Gasteiger partial charge in [-0.1, -0.05) is 6.07 Å². The lowest BCUT2D eigenvalue weighted by Gasteiger charge is -2.37. The van der Waals surface area contributed by atoms with Crippen molar-refractivity contribution >= 4 is 16.9 Å². The van der Waals surface area contributed by atoms with Crippen LogP contribution in [0, 0.1) is 6.92 Å². The number of imidazole rings is 1. The molecule has 0 saturated carbocycles. The van der Waals surface area contributed by atoms with Crippen LogP contribution in [0.15, 0.2) is 24.5 Å². The van der Waals surface area contributed by atoms with Gasteiger partial charge in [-0.2, -0.15) is 0 Å². The van der Waals surface area contributed by atoms with E-state index in [9.17, 15) is 4.79 Å². The zero-order valence-corrected chi connectivity index (χ0v) is 13.7. The maximum Gasteiger partial charge on any atom is 0.240 e. The third-order valence-electron chi connectivity index (χ3n) is 4.37. The van der Waals surface area contributed by atoms with Crippen molar-refractivity contribution in [3.63, 3.8) is 0 Å². The number of nitrogens with zero attached hydrogens (tertiary/aromatic N) is 2. The van der Waals surface area contributed by atoms with Gasteiger partial charge in [0, 0.05) is 20.3 Å². The van der Waals surface area contributed by atoms with Gasteiger partial charge in [-0.3, -0.25) is 4.79 Å². The van der Waals surface area contributed by atoms with Crippen molar-refractivity contribution < 1.29 is 14.3 Å². The molecule has 1 aromatic carbocycles. The minimum Gasteiger partial charge on any atom is -0.382 e. The van der Waals surface area contributed by atoms with Crippen molar-refractivity contribution in [1.29, 1.82) is 0 Å². The van der Waals surface area contributed by atoms with Crippen molar-refractivity contribution in [2.75, 3.05) is 26.9 Å². The molecule has 1 aliphatic heterocycles. The average Bonchev–Trinajstić information content (AvgIpc) is 2.90. The highest BCUT2D eigenvalue weighted by molar-refractivity contribution is 5.81. The first-order chi connectivity index (χ1) is 11.1. The summed E-state index contributed by atoms with van der Waals surface area (Å²) in [6.07, 6.45) is 3.27. The first-order valence-corrected chi connectivity index (χ1v) is 7.91. The molecular formula is C17H23N3O3. The van der Waals surface area contributed by atoms with E-state index in [-0.39, 0.29) is 18.0 Å². The Morgan fingerprint density at radius 1 is 1.43 bits per heavy atom. The van der Waals surface area contributed by atoms with Gasteiger partial charge in [-0.15, -0.1) is 0 Å². The van der Waals surface area contributed by atoms with Crippen LogP contribution in [0.25, 0.3) is 11.0 Å². The first kappa shape index (κ1) is 16.0. The largest absolute Gasteiger partial charge is 0.382 e. The Balaban J connectivity index is 1.73. The highest BCUT2D eigenvalue weighted by atomic mass is 16.5. The van der Waals surface area contributed by atoms with Gasteiger partial charge in [0.1, 0.15) is 6.54 Å². The second kappa shape index (κ2) is 6.68. The normalized spacial score (nSPS) is 17.3. The Bertz CT molecular complexity index is 684. The Hall–Kier alpha value is -1.92. The van der Waals surface area contributed by atoms with Crippen LogP contribution in [0.2, 0.25) is 0 Å². The van der Waals surface area contributed by atoms with Crippen molar-refractivity contribution in [3.05, 3.63) is 30.1 Å². The van der Waals surface area contributed by atoms with Crippen LogP contribution in [-0.2, 0) is 20.8 Å². The number of hydrogen-bond donors (Lipinski definition) is 1. The van der Waals surface area contributed by atoms with Gasteiger partial charge in [0.2, 0.25) is 5.91 Å². The molecule has 1 N–H and O–H groups in total. The summed E-state index contributed by atoms with van der Waals surface area (Å²) in [5.74, 6) is -0.0234. The maximum absolute atomic E-state index is 12.5. The molecule has 1 fully saturated rings. The molecule has 1 aliphatic rings. The van der Waals surface area contributed by atoms with E-state index >= 15 is 0 Å². The summed E-state index contributed by atoms with van der Waals surface area (Å²) >= 11 is 0. The fraction of sp³-hybridized carbons (Fsp3) is 0.529. The number of rotatable bonds is 5. The van der Waals surface area contributed by atoms with Crippen LogP contribution in [0.5, 0.6) is 0 Å². The van der Waals surface area contributed by atoms with Crippen molar-refractivity contribution in [2.24, 2.45) is 0 Å². The lowest BCUT2D eigenvalue weighted by molar-refractivity contribution is -0.126. The van der Waals surface area contributed by atoms with E-state index in [0.717, 1.165) is 29.4 Å². The molecule has 2 heterocycles. The van der Waals surface area contributed by atoms with Gasteiger partial charge >= 0.3 is 0 Å². The van der Waals surface area contributed by atoms with E-state index in [1.54, 1.807) is 13.4 Å². The van der Waals surface area contributed by atoms with Gasteiger partial charge in [0.15, 0.2) is 0 Å². The van der Waals surface area contributed by atoms with Gasteiger partial charge in [-0.25, -0.2) is 4.98 Å². The number of ether oxygens (including phenoxy) is 2. The molecule has 0 radical (unpaired) electrons. The summed E-state index contributed by atoms with van der Waals surface area (Å²) in [5.41, 5.74) is 2.71. The minimum absolute atomic E-state index is 0.0234. The van der Waals surface area contributed by atoms with E-state index in [2.05, 4.69) is 16.4 Å². The van der Waals surface area contributed by atoms with Crippen molar-refractivity contribution in [1.82, 2.24) is 14.9 Å². The summed E-state index contributed by atoms with van der Waals surface area (Å²) in [6.45, 7) is 4.10. The predicted octanol–water partition coefficient (Wildman–Crippen LogP) is 1.66. The third-order valence-corrected chi connectivity index (χ3v) is 4.37. The zero-order chi connectivity index (χ0) is 16.3. The number of carbonyl (C=O) groups excluding carboxylic acids is 1. The molecule has 23 heavy (non-hydrogen) atoms. The molecule has 6 heteroatoms. The molecule has 124 valence electrons. The first-order valence-electron chi connectivity index (χ1n) is 7.91. The molecule has 0 aliphatic carbocycles. The molecule has 3 rings (SSSR count). The number of benzene rings is 1.